The molecule has 0 aliphatic carbocycles. The Kier molecular flexibility index (Phi) is 4.96. The van der Waals surface area contributed by atoms with Crippen LogP contribution in [-0.2, 0) is 14.6 Å². The quantitative estimate of drug-likeness (QED) is 0.746. The lowest BCUT2D eigenvalue weighted by Crippen LogP contribution is -2.09. The van der Waals surface area contributed by atoms with Crippen molar-refractivity contribution in [3.63, 3.8) is 0 Å². The first-order chi connectivity index (χ1) is 7.95. The topological polar surface area (TPSA) is 60.4 Å². The molecule has 94 valence electrons. The van der Waals surface area contributed by atoms with E-state index in [1.165, 1.54) is 12.1 Å². The van der Waals surface area contributed by atoms with Crippen LogP contribution in [0.25, 0.3) is 0 Å². The van der Waals surface area contributed by atoms with Gasteiger partial charge in [0.15, 0.2) is 9.84 Å². The van der Waals surface area contributed by atoms with Crippen LogP contribution in [-0.4, -0.2) is 26.0 Å². The van der Waals surface area contributed by atoms with Crippen molar-refractivity contribution in [1.82, 2.24) is 0 Å². The smallest absolute Gasteiger partial charge is 0.222 e. The molecule has 1 rings (SSSR count). The molecule has 0 saturated carbocycles. The zero-order chi connectivity index (χ0) is 12.9. The van der Waals surface area contributed by atoms with Gasteiger partial charge in [-0.25, -0.2) is 8.42 Å². The van der Waals surface area contributed by atoms with Gasteiger partial charge in [-0.1, -0.05) is 0 Å². The number of hydrogen-bond acceptors (Lipinski definition) is 4. The minimum Gasteiger partial charge on any atom is -0.494 e. The highest BCUT2D eigenvalue weighted by atomic mass is 35.5. The highest BCUT2D eigenvalue weighted by Gasteiger charge is 2.15. The maximum atomic E-state index is 11.8. The number of ether oxygens (including phenoxy) is 1. The number of hydrogen-bond donors (Lipinski definition) is 0. The molecule has 0 aliphatic heterocycles. The van der Waals surface area contributed by atoms with Crippen LogP contribution in [0.4, 0.5) is 0 Å². The summed E-state index contributed by atoms with van der Waals surface area (Å²) in [6.45, 7) is 2.36. The molecule has 0 N–H and O–H groups in total. The third-order valence-electron chi connectivity index (χ3n) is 2.06. The van der Waals surface area contributed by atoms with Crippen molar-refractivity contribution in [1.29, 1.82) is 0 Å². The summed E-state index contributed by atoms with van der Waals surface area (Å²) in [5.41, 5.74) is 0. The van der Waals surface area contributed by atoms with Crippen LogP contribution >= 0.6 is 11.6 Å². The second-order valence-electron chi connectivity index (χ2n) is 3.33. The number of carbonyl (C=O) groups excluding carboxylic acids is 1. The molecule has 0 saturated heterocycles. The largest absolute Gasteiger partial charge is 0.494 e. The number of sulfone groups is 1. The van der Waals surface area contributed by atoms with Crippen LogP contribution in [0.5, 0.6) is 5.75 Å². The number of rotatable bonds is 6. The van der Waals surface area contributed by atoms with Crippen molar-refractivity contribution >= 4 is 26.7 Å². The Morgan fingerprint density at radius 1 is 1.29 bits per heavy atom. The monoisotopic (exact) mass is 276 g/mol. The Morgan fingerprint density at radius 2 is 1.88 bits per heavy atom. The van der Waals surface area contributed by atoms with Gasteiger partial charge < -0.3 is 4.74 Å². The van der Waals surface area contributed by atoms with E-state index >= 15 is 0 Å². The third kappa shape index (κ3) is 4.36. The SMILES string of the molecule is CCOc1ccc(S(=O)(=O)CCC(=O)Cl)cc1. The summed E-state index contributed by atoms with van der Waals surface area (Å²) in [6, 6.07) is 6.08. The van der Waals surface area contributed by atoms with E-state index in [9.17, 15) is 13.2 Å². The third-order valence-corrected chi connectivity index (χ3v) is 3.98. The Balaban J connectivity index is 2.81. The van der Waals surface area contributed by atoms with Gasteiger partial charge in [0.1, 0.15) is 5.75 Å². The van der Waals surface area contributed by atoms with Crippen molar-refractivity contribution in [3.8, 4) is 5.75 Å². The molecule has 0 aliphatic rings. The van der Waals surface area contributed by atoms with E-state index in [-0.39, 0.29) is 17.1 Å². The molecule has 0 amide bonds. The van der Waals surface area contributed by atoms with E-state index in [4.69, 9.17) is 16.3 Å². The standard InChI is InChI=1S/C11H13ClO4S/c1-2-16-9-3-5-10(6-4-9)17(14,15)8-7-11(12)13/h3-6H,2,7-8H2,1H3. The van der Waals surface area contributed by atoms with Gasteiger partial charge in [-0.05, 0) is 42.8 Å². The number of halogens is 1. The molecule has 0 bridgehead atoms. The predicted molar refractivity (Wildman–Crippen MR) is 65.1 cm³/mol. The van der Waals surface area contributed by atoms with Gasteiger partial charge in [0.25, 0.3) is 0 Å². The molecule has 0 spiro atoms. The zero-order valence-corrected chi connectivity index (χ0v) is 10.9. The zero-order valence-electron chi connectivity index (χ0n) is 9.35. The molecular formula is C11H13ClO4S. The molecule has 0 aromatic heterocycles. The fraction of sp³-hybridized carbons (Fsp3) is 0.364. The molecular weight excluding hydrogens is 264 g/mol. The van der Waals surface area contributed by atoms with Gasteiger partial charge in [0.2, 0.25) is 5.24 Å². The summed E-state index contributed by atoms with van der Waals surface area (Å²) in [4.78, 5) is 10.7. The van der Waals surface area contributed by atoms with Gasteiger partial charge >= 0.3 is 0 Å². The first-order valence-electron chi connectivity index (χ1n) is 5.09. The molecule has 1 aromatic carbocycles. The fourth-order valence-electron chi connectivity index (χ4n) is 1.24. The highest BCUT2D eigenvalue weighted by Crippen LogP contribution is 2.17. The van der Waals surface area contributed by atoms with Crippen LogP contribution in [0.3, 0.4) is 0 Å². The van der Waals surface area contributed by atoms with E-state index in [0.717, 1.165) is 0 Å². The summed E-state index contributed by atoms with van der Waals surface area (Å²) in [7, 11) is -3.45. The van der Waals surface area contributed by atoms with E-state index < -0.39 is 15.1 Å². The summed E-state index contributed by atoms with van der Waals surface area (Å²) >= 11 is 5.11. The molecule has 0 fully saturated rings. The lowest BCUT2D eigenvalue weighted by molar-refractivity contribution is -0.111. The molecule has 0 heterocycles. The second kappa shape index (κ2) is 6.02. The van der Waals surface area contributed by atoms with E-state index in [0.29, 0.717) is 12.4 Å². The van der Waals surface area contributed by atoms with E-state index in [2.05, 4.69) is 0 Å². The number of benzene rings is 1. The van der Waals surface area contributed by atoms with Crippen LogP contribution in [0.1, 0.15) is 13.3 Å². The summed E-state index contributed by atoms with van der Waals surface area (Å²) in [5, 5.41) is -0.653. The average Bonchev–Trinajstić information content (AvgIpc) is 2.28. The van der Waals surface area contributed by atoms with Crippen LogP contribution in [0.2, 0.25) is 0 Å². The molecule has 0 radical (unpaired) electrons. The van der Waals surface area contributed by atoms with Gasteiger partial charge in [-0.2, -0.15) is 0 Å². The molecule has 6 heteroatoms. The lowest BCUT2D eigenvalue weighted by atomic mass is 10.3. The highest BCUT2D eigenvalue weighted by molar-refractivity contribution is 7.91. The van der Waals surface area contributed by atoms with Gasteiger partial charge in [0.05, 0.1) is 17.3 Å². The predicted octanol–water partition coefficient (Wildman–Crippen LogP) is 2.01. The van der Waals surface area contributed by atoms with Crippen molar-refractivity contribution in [2.75, 3.05) is 12.4 Å². The minimum atomic E-state index is -3.45. The van der Waals surface area contributed by atoms with Crippen molar-refractivity contribution < 1.29 is 17.9 Å². The minimum absolute atomic E-state index is 0.166. The van der Waals surface area contributed by atoms with Crippen molar-refractivity contribution in [2.24, 2.45) is 0 Å². The van der Waals surface area contributed by atoms with Crippen molar-refractivity contribution in [2.45, 2.75) is 18.2 Å². The Morgan fingerprint density at radius 3 is 2.35 bits per heavy atom. The normalized spacial score (nSPS) is 11.2. The molecule has 1 aromatic rings. The van der Waals surface area contributed by atoms with Gasteiger partial charge in [0, 0.05) is 6.42 Å². The van der Waals surface area contributed by atoms with Crippen LogP contribution in [0.15, 0.2) is 29.2 Å². The fourth-order valence-corrected chi connectivity index (χ4v) is 2.69. The average molecular weight is 277 g/mol. The van der Waals surface area contributed by atoms with E-state index in [1.807, 2.05) is 6.92 Å². The van der Waals surface area contributed by atoms with Gasteiger partial charge in [-0.15, -0.1) is 0 Å². The summed E-state index contributed by atoms with van der Waals surface area (Å²) < 4.78 is 28.7. The Labute approximate surface area is 105 Å². The molecule has 0 atom stereocenters. The Hall–Kier alpha value is -1.07. The van der Waals surface area contributed by atoms with Gasteiger partial charge in [-0.3, -0.25) is 4.79 Å². The maximum Gasteiger partial charge on any atom is 0.222 e. The second-order valence-corrected chi connectivity index (χ2v) is 5.86. The summed E-state index contributed by atoms with van der Waals surface area (Å²) in [5.74, 6) is 0.337. The molecule has 17 heavy (non-hydrogen) atoms. The van der Waals surface area contributed by atoms with E-state index in [1.54, 1.807) is 12.1 Å². The number of carbonyl (C=O) groups is 1. The van der Waals surface area contributed by atoms with Crippen LogP contribution < -0.4 is 4.74 Å². The molecule has 0 unspecified atom stereocenters. The maximum absolute atomic E-state index is 11.8. The first kappa shape index (κ1) is 14.0. The lowest BCUT2D eigenvalue weighted by Gasteiger charge is -2.05. The Bertz CT molecular complexity index is 479. The summed E-state index contributed by atoms with van der Waals surface area (Å²) in [6.07, 6.45) is -0.183. The first-order valence-corrected chi connectivity index (χ1v) is 7.12. The molecule has 4 nitrogen and oxygen atoms in total. The van der Waals surface area contributed by atoms with Crippen molar-refractivity contribution in [3.05, 3.63) is 24.3 Å². The van der Waals surface area contributed by atoms with Crippen LogP contribution in [0, 0.1) is 0 Å².